The van der Waals surface area contributed by atoms with Crippen molar-refractivity contribution in [2.75, 3.05) is 0 Å². The molecule has 150 valence electrons. The Morgan fingerprint density at radius 2 is 1.46 bits per heavy atom. The number of aliphatic carboxylic acids is 2. The minimum atomic E-state index is -3.20. The van der Waals surface area contributed by atoms with E-state index >= 15 is 0 Å². The Bertz CT molecular complexity index is 947. The van der Waals surface area contributed by atoms with E-state index in [1.165, 1.54) is 5.69 Å². The minimum absolute atomic E-state index is 0.0628. The molecule has 3 N–H and O–H groups in total. The molecule has 1 aromatic carbocycles. The van der Waals surface area contributed by atoms with Gasteiger partial charge in [-0.15, -0.1) is 0 Å². The first-order valence-corrected chi connectivity index (χ1v) is 9.51. The highest BCUT2D eigenvalue weighted by atomic mass is 32.2. The van der Waals surface area contributed by atoms with E-state index in [0.717, 1.165) is 18.4 Å². The molecule has 2 rings (SSSR count). The molecule has 2 aromatic rings. The number of carbonyl (C=O) groups is 3. The Morgan fingerprint density at radius 3 is 1.86 bits per heavy atom. The third-order valence-corrected chi connectivity index (χ3v) is 4.65. The van der Waals surface area contributed by atoms with Crippen LogP contribution >= 0.6 is 0 Å². The summed E-state index contributed by atoms with van der Waals surface area (Å²) in [5.74, 6) is -3.36. The van der Waals surface area contributed by atoms with Crippen LogP contribution in [0.1, 0.15) is 54.4 Å². The highest BCUT2D eigenvalue weighted by Crippen LogP contribution is 2.22. The topological polar surface area (TPSA) is 142 Å². The molecule has 1 heterocycles. The largest absolute Gasteiger partial charge is 0.477 e. The molecule has 0 spiro atoms. The van der Waals surface area contributed by atoms with Crippen molar-refractivity contribution in [2.24, 2.45) is 0 Å². The van der Waals surface area contributed by atoms with Gasteiger partial charge in [0.2, 0.25) is 16.1 Å². The van der Waals surface area contributed by atoms with Crippen molar-refractivity contribution in [3.05, 3.63) is 59.4 Å². The fraction of sp³-hybridized carbons (Fsp3) is 0.263. The summed E-state index contributed by atoms with van der Waals surface area (Å²) in [6, 6.07) is 13.3. The van der Waals surface area contributed by atoms with Gasteiger partial charge < -0.3 is 15.2 Å². The number of rotatable bonds is 7. The first kappa shape index (κ1) is 22.8. The maximum absolute atomic E-state index is 12.2. The Hall–Kier alpha value is -3.20. The molecule has 0 fully saturated rings. The lowest BCUT2D eigenvalue weighted by Gasteiger charge is -2.09. The van der Waals surface area contributed by atoms with E-state index in [0.29, 0.717) is 11.6 Å². The van der Waals surface area contributed by atoms with Gasteiger partial charge in [-0.2, -0.15) is 8.42 Å². The fourth-order valence-electron chi connectivity index (χ4n) is 2.49. The van der Waals surface area contributed by atoms with Crippen molar-refractivity contribution in [3.8, 4) is 0 Å². The SMILES string of the molecule is CCC(CC)c1ccc(C(=O)c2ccccc2)[nH]1.O=C(O)C(C(=O)O)=S(=O)=O. The van der Waals surface area contributed by atoms with E-state index in [2.05, 4.69) is 18.8 Å². The first-order chi connectivity index (χ1) is 13.2. The van der Waals surface area contributed by atoms with Crippen molar-refractivity contribution < 1.29 is 33.0 Å². The predicted octanol–water partition coefficient (Wildman–Crippen LogP) is 2.36. The van der Waals surface area contributed by atoms with Crippen LogP contribution in [0.5, 0.6) is 0 Å². The Balaban J connectivity index is 0.000000336. The molecular formula is C19H21NO7S. The standard InChI is InChI=1S/C16H19NO.C3H2O6S/c1-3-12(4-2)14-10-11-15(17-14)16(18)13-8-6-5-7-9-13;4-2(5)1(3(6)7)10(8)9/h5-12,17H,3-4H2,1-2H3;(H,4,5)(H,6,7). The molecule has 1 aromatic heterocycles. The molecule has 0 atom stereocenters. The minimum Gasteiger partial charge on any atom is -0.477 e. The lowest BCUT2D eigenvalue weighted by molar-refractivity contribution is -0.134. The monoisotopic (exact) mass is 407 g/mol. The van der Waals surface area contributed by atoms with Crippen molar-refractivity contribution in [1.82, 2.24) is 4.98 Å². The number of hydrogen-bond donors (Lipinski definition) is 3. The fourth-order valence-corrected chi connectivity index (χ4v) is 2.78. The third kappa shape index (κ3) is 6.20. The predicted molar refractivity (Wildman–Crippen MR) is 103 cm³/mol. The van der Waals surface area contributed by atoms with E-state index in [-0.39, 0.29) is 5.78 Å². The van der Waals surface area contributed by atoms with Crippen LogP contribution < -0.4 is 0 Å². The van der Waals surface area contributed by atoms with Gasteiger partial charge in [0.1, 0.15) is 0 Å². The summed E-state index contributed by atoms with van der Waals surface area (Å²) in [4.78, 5) is 33.5. The molecule has 0 amide bonds. The zero-order valence-electron chi connectivity index (χ0n) is 15.4. The summed E-state index contributed by atoms with van der Waals surface area (Å²) in [5, 5.41) is 15.8. The van der Waals surface area contributed by atoms with E-state index in [1.807, 2.05) is 42.5 Å². The van der Waals surface area contributed by atoms with Gasteiger partial charge in [-0.1, -0.05) is 44.2 Å². The van der Waals surface area contributed by atoms with Crippen LogP contribution in [0.2, 0.25) is 0 Å². The molecule has 0 radical (unpaired) electrons. The summed E-state index contributed by atoms with van der Waals surface area (Å²) >= 11 is 0. The van der Waals surface area contributed by atoms with E-state index in [4.69, 9.17) is 10.2 Å². The number of aromatic amines is 1. The lowest BCUT2D eigenvalue weighted by Crippen LogP contribution is -2.23. The second kappa shape index (κ2) is 10.8. The van der Waals surface area contributed by atoms with Crippen LogP contribution in [0.25, 0.3) is 0 Å². The van der Waals surface area contributed by atoms with Gasteiger partial charge in [-0.05, 0) is 30.9 Å². The molecule has 8 nitrogen and oxygen atoms in total. The van der Waals surface area contributed by atoms with Crippen molar-refractivity contribution in [2.45, 2.75) is 32.6 Å². The maximum atomic E-state index is 12.2. The summed E-state index contributed by atoms with van der Waals surface area (Å²) in [7, 11) is -3.20. The van der Waals surface area contributed by atoms with Gasteiger partial charge in [0.05, 0.1) is 5.69 Å². The number of H-pyrrole nitrogens is 1. The van der Waals surface area contributed by atoms with Crippen LogP contribution in [0.15, 0.2) is 42.5 Å². The Labute approximate surface area is 163 Å². The van der Waals surface area contributed by atoms with E-state index in [1.54, 1.807) is 0 Å². The average Bonchev–Trinajstić information content (AvgIpc) is 3.12. The number of carboxylic acids is 2. The number of ketones is 1. The number of benzene rings is 1. The number of nitrogens with one attached hydrogen (secondary N) is 1. The van der Waals surface area contributed by atoms with Crippen molar-refractivity contribution >= 4 is 32.9 Å². The van der Waals surface area contributed by atoms with Crippen LogP contribution in [0.4, 0.5) is 0 Å². The highest BCUT2D eigenvalue weighted by molar-refractivity contribution is 7.76. The molecule has 0 aliphatic carbocycles. The van der Waals surface area contributed by atoms with Gasteiger partial charge in [0, 0.05) is 11.3 Å². The molecule has 0 saturated carbocycles. The van der Waals surface area contributed by atoms with Gasteiger partial charge in [-0.3, -0.25) is 4.79 Å². The van der Waals surface area contributed by atoms with Gasteiger partial charge >= 0.3 is 11.9 Å². The van der Waals surface area contributed by atoms with Crippen LogP contribution in [0, 0.1) is 0 Å². The molecule has 0 aliphatic heterocycles. The normalized spacial score (nSPS) is 9.96. The smallest absolute Gasteiger partial charge is 0.359 e. The van der Waals surface area contributed by atoms with Crippen LogP contribution in [0.3, 0.4) is 0 Å². The highest BCUT2D eigenvalue weighted by Gasteiger charge is 2.19. The lowest BCUT2D eigenvalue weighted by atomic mass is 10.0. The Kier molecular flexibility index (Phi) is 8.83. The zero-order valence-corrected chi connectivity index (χ0v) is 16.2. The summed E-state index contributed by atoms with van der Waals surface area (Å²) in [5.41, 5.74) is 2.58. The number of carboxylic acid groups (broad SMARTS) is 2. The van der Waals surface area contributed by atoms with Gasteiger partial charge in [0.15, 0.2) is 0 Å². The third-order valence-electron chi connectivity index (χ3n) is 3.97. The van der Waals surface area contributed by atoms with E-state index < -0.39 is 27.1 Å². The summed E-state index contributed by atoms with van der Waals surface area (Å²) in [6.07, 6.45) is 2.19. The Morgan fingerprint density at radius 1 is 0.929 bits per heavy atom. The quantitative estimate of drug-likeness (QED) is 0.363. The van der Waals surface area contributed by atoms with Crippen molar-refractivity contribution in [3.63, 3.8) is 0 Å². The molecule has 28 heavy (non-hydrogen) atoms. The first-order valence-electron chi connectivity index (χ1n) is 8.44. The molecule has 0 aliphatic rings. The molecule has 0 bridgehead atoms. The van der Waals surface area contributed by atoms with Crippen LogP contribution in [-0.2, 0) is 19.9 Å². The molecule has 0 saturated heterocycles. The summed E-state index contributed by atoms with van der Waals surface area (Å²) < 4.78 is 19.6. The van der Waals surface area contributed by atoms with Gasteiger partial charge in [-0.25, -0.2) is 9.59 Å². The van der Waals surface area contributed by atoms with E-state index in [9.17, 15) is 22.8 Å². The number of carbonyl (C=O) groups excluding carboxylic acids is 1. The molecular weight excluding hydrogens is 386 g/mol. The molecule has 9 heteroatoms. The number of hydrogen-bond acceptors (Lipinski definition) is 5. The second-order valence-corrected chi connectivity index (χ2v) is 6.59. The molecule has 0 unspecified atom stereocenters. The van der Waals surface area contributed by atoms with Crippen LogP contribution in [-0.4, -0.2) is 46.2 Å². The van der Waals surface area contributed by atoms with Gasteiger partial charge in [0.25, 0.3) is 4.86 Å². The maximum Gasteiger partial charge on any atom is 0.359 e. The summed E-state index contributed by atoms with van der Waals surface area (Å²) in [6.45, 7) is 4.35. The zero-order chi connectivity index (χ0) is 21.3. The van der Waals surface area contributed by atoms with Crippen molar-refractivity contribution in [1.29, 1.82) is 0 Å². The average molecular weight is 407 g/mol. The number of aromatic nitrogens is 1. The second-order valence-electron chi connectivity index (χ2n) is 5.71.